The summed E-state index contributed by atoms with van der Waals surface area (Å²) in [5, 5.41) is 4.81. The Morgan fingerprint density at radius 2 is 1.90 bits per heavy atom. The van der Waals surface area contributed by atoms with E-state index in [9.17, 15) is 14.0 Å². The van der Waals surface area contributed by atoms with E-state index in [0.717, 1.165) is 15.8 Å². The van der Waals surface area contributed by atoms with Gasteiger partial charge >= 0.3 is 5.97 Å². The Morgan fingerprint density at radius 1 is 1.10 bits per heavy atom. The molecule has 0 spiro atoms. The minimum atomic E-state index is -0.438. The van der Waals surface area contributed by atoms with Crippen molar-refractivity contribution in [3.05, 3.63) is 88.7 Å². The van der Waals surface area contributed by atoms with Crippen LogP contribution in [0.4, 0.5) is 10.1 Å². The summed E-state index contributed by atoms with van der Waals surface area (Å²) in [6.45, 7) is 0.377. The molecule has 0 aliphatic carbocycles. The first-order valence-electron chi connectivity index (χ1n) is 8.86. The lowest BCUT2D eigenvalue weighted by Crippen LogP contribution is -2.17. The number of methoxy groups -OCH3 is 1. The van der Waals surface area contributed by atoms with Crippen molar-refractivity contribution in [2.75, 3.05) is 12.4 Å². The molecule has 4 rings (SSSR count). The average Bonchev–Trinajstić information content (AvgIpc) is 3.31. The van der Waals surface area contributed by atoms with Gasteiger partial charge in [0.1, 0.15) is 11.5 Å². The second kappa shape index (κ2) is 7.89. The molecule has 2 heterocycles. The van der Waals surface area contributed by atoms with Crippen LogP contribution in [0.2, 0.25) is 0 Å². The van der Waals surface area contributed by atoms with Gasteiger partial charge in [0.15, 0.2) is 0 Å². The molecule has 146 valence electrons. The molecule has 0 unspecified atom stereocenters. The van der Waals surface area contributed by atoms with Crippen LogP contribution in [0.1, 0.15) is 26.4 Å². The number of rotatable bonds is 5. The van der Waals surface area contributed by atoms with Crippen LogP contribution in [-0.2, 0) is 11.3 Å². The number of anilines is 1. The van der Waals surface area contributed by atoms with E-state index in [1.807, 2.05) is 28.1 Å². The molecule has 0 saturated carbocycles. The molecule has 0 atom stereocenters. The Labute approximate surface area is 170 Å². The number of carbonyl (C=O) groups excluding carboxylic acids is 2. The van der Waals surface area contributed by atoms with Gasteiger partial charge in [0.25, 0.3) is 5.91 Å². The van der Waals surface area contributed by atoms with Gasteiger partial charge in [0.2, 0.25) is 0 Å². The molecule has 0 saturated heterocycles. The molecule has 2 aromatic heterocycles. The van der Waals surface area contributed by atoms with Gasteiger partial charge in [-0.15, -0.1) is 11.3 Å². The molecular formula is C22H17FN2O3S. The lowest BCUT2D eigenvalue weighted by Gasteiger charge is -2.11. The summed E-state index contributed by atoms with van der Waals surface area (Å²) in [5.41, 5.74) is 3.13. The first-order valence-corrected chi connectivity index (χ1v) is 9.74. The van der Waals surface area contributed by atoms with E-state index < -0.39 is 5.97 Å². The fourth-order valence-corrected chi connectivity index (χ4v) is 3.98. The van der Waals surface area contributed by atoms with E-state index in [4.69, 9.17) is 0 Å². The van der Waals surface area contributed by atoms with Crippen molar-refractivity contribution in [3.8, 4) is 0 Å². The highest BCUT2D eigenvalue weighted by molar-refractivity contribution is 7.17. The molecule has 7 heteroatoms. The summed E-state index contributed by atoms with van der Waals surface area (Å²) in [5.74, 6) is -1.03. The number of fused-ring (bicyclic) bond motifs is 1. The fourth-order valence-electron chi connectivity index (χ4n) is 3.16. The van der Waals surface area contributed by atoms with Crippen LogP contribution in [0, 0.1) is 5.82 Å². The first-order chi connectivity index (χ1) is 14.0. The summed E-state index contributed by atoms with van der Waals surface area (Å²) >= 11 is 1.54. The maximum Gasteiger partial charge on any atom is 0.337 e. The van der Waals surface area contributed by atoms with Gasteiger partial charge < -0.3 is 14.6 Å². The molecule has 0 fully saturated rings. The van der Waals surface area contributed by atoms with Crippen LogP contribution < -0.4 is 5.32 Å². The van der Waals surface area contributed by atoms with Crippen LogP contribution in [0.5, 0.6) is 0 Å². The number of esters is 1. The molecule has 0 aliphatic heterocycles. The predicted octanol–water partition coefficient (Wildman–Crippen LogP) is 4.93. The van der Waals surface area contributed by atoms with Crippen molar-refractivity contribution in [3.63, 3.8) is 0 Å². The van der Waals surface area contributed by atoms with E-state index in [2.05, 4.69) is 10.1 Å². The van der Waals surface area contributed by atoms with Crippen LogP contribution in [-0.4, -0.2) is 23.6 Å². The number of nitrogens with one attached hydrogen (secondary N) is 1. The number of ether oxygens (including phenoxy) is 1. The molecule has 0 bridgehead atoms. The van der Waals surface area contributed by atoms with E-state index in [-0.39, 0.29) is 11.7 Å². The predicted molar refractivity (Wildman–Crippen MR) is 111 cm³/mol. The van der Waals surface area contributed by atoms with Gasteiger partial charge in [-0.05, 0) is 59.5 Å². The number of thiophene rings is 1. The molecule has 2 aromatic carbocycles. The smallest absolute Gasteiger partial charge is 0.337 e. The zero-order chi connectivity index (χ0) is 20.4. The quantitative estimate of drug-likeness (QED) is 0.477. The minimum Gasteiger partial charge on any atom is -0.465 e. The molecule has 0 radical (unpaired) electrons. The number of hydrogen-bond donors (Lipinski definition) is 1. The highest BCUT2D eigenvalue weighted by Gasteiger charge is 2.17. The lowest BCUT2D eigenvalue weighted by atomic mass is 10.2. The molecule has 1 N–H and O–H groups in total. The number of hydrogen-bond acceptors (Lipinski definition) is 4. The molecular weight excluding hydrogens is 391 g/mol. The van der Waals surface area contributed by atoms with Crippen LogP contribution in [0.25, 0.3) is 10.2 Å². The zero-order valence-electron chi connectivity index (χ0n) is 15.5. The van der Waals surface area contributed by atoms with Crippen LogP contribution in [0.15, 0.2) is 66.0 Å². The SMILES string of the molecule is COC(=O)c1ccc(NC(=O)c2cc3sccc3n2Cc2cccc(F)c2)cc1. The number of benzene rings is 2. The molecule has 29 heavy (non-hydrogen) atoms. The normalized spacial score (nSPS) is 10.8. The third kappa shape index (κ3) is 3.90. The molecule has 5 nitrogen and oxygen atoms in total. The molecule has 1 amide bonds. The third-order valence-electron chi connectivity index (χ3n) is 4.55. The summed E-state index contributed by atoms with van der Waals surface area (Å²) in [4.78, 5) is 24.5. The van der Waals surface area contributed by atoms with Crippen molar-refractivity contribution < 1.29 is 18.7 Å². The second-order valence-electron chi connectivity index (χ2n) is 6.44. The Bertz CT molecular complexity index is 1190. The van der Waals surface area contributed by atoms with E-state index in [0.29, 0.717) is 23.5 Å². The minimum absolute atomic E-state index is 0.282. The summed E-state index contributed by atoms with van der Waals surface area (Å²) in [6.07, 6.45) is 0. The van der Waals surface area contributed by atoms with Gasteiger partial charge in [-0.1, -0.05) is 12.1 Å². The van der Waals surface area contributed by atoms with Gasteiger partial charge in [0, 0.05) is 12.2 Å². The van der Waals surface area contributed by atoms with Crippen LogP contribution in [0.3, 0.4) is 0 Å². The number of halogens is 1. The van der Waals surface area contributed by atoms with Gasteiger partial charge in [-0.25, -0.2) is 9.18 Å². The summed E-state index contributed by atoms with van der Waals surface area (Å²) in [6, 6.07) is 16.6. The number of aromatic nitrogens is 1. The van der Waals surface area contributed by atoms with E-state index in [1.165, 1.54) is 19.2 Å². The maximum atomic E-state index is 13.6. The Hall–Kier alpha value is -3.45. The topological polar surface area (TPSA) is 60.3 Å². The van der Waals surface area contributed by atoms with Gasteiger partial charge in [0.05, 0.1) is 22.9 Å². The van der Waals surface area contributed by atoms with Crippen molar-refractivity contribution in [2.45, 2.75) is 6.54 Å². The Balaban J connectivity index is 1.62. The first kappa shape index (κ1) is 18.9. The Kier molecular flexibility index (Phi) is 5.14. The van der Waals surface area contributed by atoms with E-state index in [1.54, 1.807) is 41.7 Å². The van der Waals surface area contributed by atoms with Gasteiger partial charge in [-0.3, -0.25) is 4.79 Å². The lowest BCUT2D eigenvalue weighted by molar-refractivity contribution is 0.0600. The van der Waals surface area contributed by atoms with Crippen molar-refractivity contribution in [2.24, 2.45) is 0 Å². The summed E-state index contributed by atoms with van der Waals surface area (Å²) in [7, 11) is 1.32. The largest absolute Gasteiger partial charge is 0.465 e. The monoisotopic (exact) mass is 408 g/mol. The highest BCUT2D eigenvalue weighted by Crippen LogP contribution is 2.27. The van der Waals surface area contributed by atoms with Crippen LogP contribution >= 0.6 is 11.3 Å². The van der Waals surface area contributed by atoms with E-state index >= 15 is 0 Å². The second-order valence-corrected chi connectivity index (χ2v) is 7.39. The number of nitrogens with zero attached hydrogens (tertiary/aromatic N) is 1. The van der Waals surface area contributed by atoms with Gasteiger partial charge in [-0.2, -0.15) is 0 Å². The standard InChI is InChI=1S/C22H17FN2O3S/c1-28-22(27)15-5-7-17(8-6-15)24-21(26)19-12-20-18(9-10-29-20)25(19)13-14-3-2-4-16(23)11-14/h2-12H,13H2,1H3,(H,24,26). The number of carbonyl (C=O) groups is 2. The average molecular weight is 408 g/mol. The van der Waals surface area contributed by atoms with Crippen molar-refractivity contribution in [1.82, 2.24) is 4.57 Å². The highest BCUT2D eigenvalue weighted by atomic mass is 32.1. The Morgan fingerprint density at radius 3 is 2.62 bits per heavy atom. The van der Waals surface area contributed by atoms with Crippen molar-refractivity contribution >= 4 is 39.1 Å². The third-order valence-corrected chi connectivity index (χ3v) is 5.40. The number of amides is 1. The van der Waals surface area contributed by atoms with Crippen molar-refractivity contribution in [1.29, 1.82) is 0 Å². The molecule has 4 aromatic rings. The fraction of sp³-hybridized carbons (Fsp3) is 0.0909. The summed E-state index contributed by atoms with van der Waals surface area (Å²) < 4.78 is 21.1. The maximum absolute atomic E-state index is 13.6. The molecule has 0 aliphatic rings. The zero-order valence-corrected chi connectivity index (χ0v) is 16.3.